The number of piperidine rings is 1. The van der Waals surface area contributed by atoms with Crippen molar-refractivity contribution in [3.63, 3.8) is 0 Å². The first kappa shape index (κ1) is 15.9. The molecular weight excluding hydrogens is 296 g/mol. The molecule has 1 saturated heterocycles. The zero-order valence-corrected chi connectivity index (χ0v) is 12.7. The second-order valence-corrected chi connectivity index (χ2v) is 7.01. The van der Waals surface area contributed by atoms with E-state index >= 15 is 0 Å². The van der Waals surface area contributed by atoms with Gasteiger partial charge in [0.15, 0.2) is 4.90 Å². The van der Waals surface area contributed by atoms with Crippen LogP contribution in [0.2, 0.25) is 0 Å². The Morgan fingerprint density at radius 3 is 2.71 bits per heavy atom. The summed E-state index contributed by atoms with van der Waals surface area (Å²) in [5.74, 6) is 0.232. The fraction of sp³-hybridized carbons (Fsp3) is 0.667. The molecule has 0 aromatic carbocycles. The molecule has 9 heteroatoms. The second kappa shape index (κ2) is 6.54. The maximum absolute atomic E-state index is 12.5. The molecule has 8 nitrogen and oxygen atoms in total. The molecule has 2 heterocycles. The van der Waals surface area contributed by atoms with Gasteiger partial charge in [-0.1, -0.05) is 6.92 Å². The van der Waals surface area contributed by atoms with E-state index < -0.39 is 26.2 Å². The van der Waals surface area contributed by atoms with Crippen molar-refractivity contribution >= 4 is 10.0 Å². The summed E-state index contributed by atoms with van der Waals surface area (Å²) >= 11 is 0. The third-order valence-electron chi connectivity index (χ3n) is 3.62. The van der Waals surface area contributed by atoms with Gasteiger partial charge in [0, 0.05) is 19.3 Å². The highest BCUT2D eigenvalue weighted by Crippen LogP contribution is 2.16. The van der Waals surface area contributed by atoms with Gasteiger partial charge < -0.3 is 10.3 Å². The van der Waals surface area contributed by atoms with Crippen LogP contribution in [0.4, 0.5) is 0 Å². The van der Waals surface area contributed by atoms with E-state index in [9.17, 15) is 18.0 Å². The molecule has 0 radical (unpaired) electrons. The minimum absolute atomic E-state index is 0.232. The van der Waals surface area contributed by atoms with Gasteiger partial charge in [0.2, 0.25) is 10.0 Å². The Balaban J connectivity index is 2.26. The Bertz CT molecular complexity index is 688. The van der Waals surface area contributed by atoms with Crippen molar-refractivity contribution in [1.82, 2.24) is 19.6 Å². The number of H-pyrrole nitrogens is 2. The van der Waals surface area contributed by atoms with Crippen molar-refractivity contribution in [2.75, 3.05) is 26.2 Å². The van der Waals surface area contributed by atoms with Gasteiger partial charge in [0.05, 0.1) is 0 Å². The summed E-state index contributed by atoms with van der Waals surface area (Å²) < 4.78 is 26.4. The van der Waals surface area contributed by atoms with Crippen LogP contribution in [0.5, 0.6) is 0 Å². The van der Waals surface area contributed by atoms with E-state index in [0.29, 0.717) is 6.54 Å². The molecule has 1 aliphatic heterocycles. The van der Waals surface area contributed by atoms with E-state index in [0.717, 1.165) is 32.1 Å². The maximum atomic E-state index is 12.5. The van der Waals surface area contributed by atoms with E-state index in [1.54, 1.807) is 6.92 Å². The number of sulfonamides is 1. The van der Waals surface area contributed by atoms with Gasteiger partial charge in [-0.2, -0.15) is 4.31 Å². The largest absolute Gasteiger partial charge is 0.325 e. The van der Waals surface area contributed by atoms with Crippen molar-refractivity contribution in [2.45, 2.75) is 24.7 Å². The molecule has 1 aromatic rings. The molecule has 0 saturated carbocycles. The summed E-state index contributed by atoms with van der Waals surface area (Å²) in [4.78, 5) is 26.4. The van der Waals surface area contributed by atoms with Crippen LogP contribution in [0, 0.1) is 5.92 Å². The highest BCUT2D eigenvalue weighted by atomic mass is 32.2. The first-order valence-corrected chi connectivity index (χ1v) is 8.42. The predicted octanol–water partition coefficient (Wildman–Crippen LogP) is -0.927. The van der Waals surface area contributed by atoms with Crippen LogP contribution in [0.15, 0.2) is 20.7 Å². The molecule has 0 aliphatic carbocycles. The predicted molar refractivity (Wildman–Crippen MR) is 77.7 cm³/mol. The maximum Gasteiger partial charge on any atom is 0.325 e. The van der Waals surface area contributed by atoms with Gasteiger partial charge in [-0.15, -0.1) is 0 Å². The number of rotatable bonds is 5. The summed E-state index contributed by atoms with van der Waals surface area (Å²) in [5, 5.41) is 3.24. The SMILES string of the molecule is CCN(CC1CCCNC1)S(=O)(=O)c1c[nH]c(=O)[nH]c1=O. The molecule has 3 N–H and O–H groups in total. The van der Waals surface area contributed by atoms with Crippen LogP contribution in [0.1, 0.15) is 19.8 Å². The van der Waals surface area contributed by atoms with Gasteiger partial charge in [0.1, 0.15) is 0 Å². The molecule has 2 rings (SSSR count). The minimum Gasteiger partial charge on any atom is -0.316 e. The Kier molecular flexibility index (Phi) is 4.96. The third kappa shape index (κ3) is 3.60. The smallest absolute Gasteiger partial charge is 0.316 e. The van der Waals surface area contributed by atoms with Crippen molar-refractivity contribution in [3.8, 4) is 0 Å². The lowest BCUT2D eigenvalue weighted by molar-refractivity contribution is 0.297. The van der Waals surface area contributed by atoms with Gasteiger partial charge in [-0.3, -0.25) is 9.78 Å². The van der Waals surface area contributed by atoms with E-state index in [2.05, 4.69) is 10.3 Å². The number of aromatic amines is 2. The van der Waals surface area contributed by atoms with Crippen molar-refractivity contribution in [1.29, 1.82) is 0 Å². The Morgan fingerprint density at radius 1 is 1.38 bits per heavy atom. The molecule has 0 spiro atoms. The summed E-state index contributed by atoms with van der Waals surface area (Å²) in [5.41, 5.74) is -1.61. The fourth-order valence-electron chi connectivity index (χ4n) is 2.49. The number of nitrogens with one attached hydrogen (secondary N) is 3. The molecule has 0 amide bonds. The van der Waals surface area contributed by atoms with E-state index in [1.807, 2.05) is 4.98 Å². The lowest BCUT2D eigenvalue weighted by atomic mass is 10.00. The van der Waals surface area contributed by atoms with Gasteiger partial charge in [-0.25, -0.2) is 13.2 Å². The molecule has 21 heavy (non-hydrogen) atoms. The van der Waals surface area contributed by atoms with Crippen LogP contribution in [0.3, 0.4) is 0 Å². The van der Waals surface area contributed by atoms with Crippen molar-refractivity contribution in [3.05, 3.63) is 27.0 Å². The van der Waals surface area contributed by atoms with E-state index in [-0.39, 0.29) is 12.5 Å². The molecule has 1 aliphatic rings. The molecule has 1 atom stereocenters. The Hall–Kier alpha value is -1.45. The van der Waals surface area contributed by atoms with Crippen LogP contribution < -0.4 is 16.6 Å². The van der Waals surface area contributed by atoms with Crippen LogP contribution in [-0.4, -0.2) is 48.9 Å². The highest BCUT2D eigenvalue weighted by Gasteiger charge is 2.29. The standard InChI is InChI=1S/C12H20N4O4S/c1-2-16(8-9-4-3-5-13-6-9)21(19,20)10-7-14-12(18)15-11(10)17/h7,9,13H,2-6,8H2,1H3,(H2,14,15,17,18). The lowest BCUT2D eigenvalue weighted by Crippen LogP contribution is -2.42. The first-order chi connectivity index (χ1) is 9.95. The van der Waals surface area contributed by atoms with E-state index in [1.165, 1.54) is 4.31 Å². The van der Waals surface area contributed by atoms with Gasteiger partial charge in [-0.05, 0) is 31.8 Å². The number of hydrogen-bond acceptors (Lipinski definition) is 5. The minimum atomic E-state index is -3.91. The number of nitrogens with zero attached hydrogens (tertiary/aromatic N) is 1. The molecule has 118 valence electrons. The average molecular weight is 316 g/mol. The second-order valence-electron chi connectivity index (χ2n) is 5.10. The molecule has 0 bridgehead atoms. The first-order valence-electron chi connectivity index (χ1n) is 6.98. The molecule has 1 fully saturated rings. The van der Waals surface area contributed by atoms with Crippen LogP contribution in [0.25, 0.3) is 0 Å². The zero-order chi connectivity index (χ0) is 15.5. The summed E-state index contributed by atoms with van der Waals surface area (Å²) in [6, 6.07) is 0. The quantitative estimate of drug-likeness (QED) is 0.649. The molecule has 1 aromatic heterocycles. The lowest BCUT2D eigenvalue weighted by Gasteiger charge is -2.28. The number of aromatic nitrogens is 2. The van der Waals surface area contributed by atoms with Crippen molar-refractivity contribution < 1.29 is 8.42 Å². The van der Waals surface area contributed by atoms with E-state index in [4.69, 9.17) is 0 Å². The molecule has 1 unspecified atom stereocenters. The average Bonchev–Trinajstić information content (AvgIpc) is 2.45. The number of hydrogen-bond donors (Lipinski definition) is 3. The fourth-order valence-corrected chi connectivity index (χ4v) is 4.01. The Labute approximate surface area is 122 Å². The van der Waals surface area contributed by atoms with Gasteiger partial charge >= 0.3 is 5.69 Å². The van der Waals surface area contributed by atoms with Crippen LogP contribution in [-0.2, 0) is 10.0 Å². The summed E-state index contributed by atoms with van der Waals surface area (Å²) in [6.07, 6.45) is 2.93. The van der Waals surface area contributed by atoms with Crippen LogP contribution >= 0.6 is 0 Å². The zero-order valence-electron chi connectivity index (χ0n) is 11.9. The monoisotopic (exact) mass is 316 g/mol. The third-order valence-corrected chi connectivity index (χ3v) is 5.56. The normalized spacial score (nSPS) is 19.8. The Morgan fingerprint density at radius 2 is 2.14 bits per heavy atom. The summed E-state index contributed by atoms with van der Waals surface area (Å²) in [7, 11) is -3.91. The van der Waals surface area contributed by atoms with Gasteiger partial charge in [0.25, 0.3) is 5.56 Å². The highest BCUT2D eigenvalue weighted by molar-refractivity contribution is 7.89. The molecular formula is C12H20N4O4S. The topological polar surface area (TPSA) is 115 Å². The van der Waals surface area contributed by atoms with Crippen molar-refractivity contribution in [2.24, 2.45) is 5.92 Å². The summed E-state index contributed by atoms with van der Waals surface area (Å²) in [6.45, 7) is 4.10.